The molecule has 0 saturated carbocycles. The summed E-state index contributed by atoms with van der Waals surface area (Å²) in [4.78, 5) is 23.9. The first-order valence-corrected chi connectivity index (χ1v) is 6.30. The van der Waals surface area contributed by atoms with Gasteiger partial charge in [-0.25, -0.2) is 0 Å². The summed E-state index contributed by atoms with van der Waals surface area (Å²) in [6, 6.07) is 3.62. The Morgan fingerprint density at radius 1 is 1.40 bits per heavy atom. The Labute approximate surface area is 115 Å². The average molecular weight is 280 g/mol. The summed E-state index contributed by atoms with van der Waals surface area (Å²) in [5.41, 5.74) is -0.181. The predicted octanol–water partition coefficient (Wildman–Crippen LogP) is 1.55. The molecule has 108 valence electrons. The largest absolute Gasteiger partial charge is 0.502 e. The Hall–Kier alpha value is -2.15. The standard InChI is InChI=1S/C13H16N2O5/c1-8-6-14(7-9(2)20-8)13(17)10-3-4-11(15(18)19)12(16)5-10/h3-5,8-9,16H,6-7H2,1-2H3. The summed E-state index contributed by atoms with van der Waals surface area (Å²) >= 11 is 0. The Morgan fingerprint density at radius 2 is 2.00 bits per heavy atom. The van der Waals surface area contributed by atoms with Crippen LogP contribution in [0.3, 0.4) is 0 Å². The van der Waals surface area contributed by atoms with Gasteiger partial charge in [0, 0.05) is 24.7 Å². The van der Waals surface area contributed by atoms with E-state index < -0.39 is 16.4 Å². The molecular formula is C13H16N2O5. The van der Waals surface area contributed by atoms with E-state index >= 15 is 0 Å². The van der Waals surface area contributed by atoms with E-state index in [-0.39, 0.29) is 23.7 Å². The molecule has 1 aromatic rings. The zero-order valence-electron chi connectivity index (χ0n) is 11.3. The van der Waals surface area contributed by atoms with Gasteiger partial charge in [-0.2, -0.15) is 0 Å². The maximum absolute atomic E-state index is 12.3. The topological polar surface area (TPSA) is 92.9 Å². The van der Waals surface area contributed by atoms with Gasteiger partial charge in [0.25, 0.3) is 5.91 Å². The predicted molar refractivity (Wildman–Crippen MR) is 70.7 cm³/mol. The van der Waals surface area contributed by atoms with Crippen LogP contribution in [0.1, 0.15) is 24.2 Å². The summed E-state index contributed by atoms with van der Waals surface area (Å²) in [6.45, 7) is 4.67. The lowest BCUT2D eigenvalue weighted by atomic mass is 10.1. The van der Waals surface area contributed by atoms with Crippen molar-refractivity contribution < 1.29 is 19.6 Å². The molecule has 1 aliphatic heterocycles. The van der Waals surface area contributed by atoms with Crippen LogP contribution < -0.4 is 0 Å². The van der Waals surface area contributed by atoms with Crippen LogP contribution in [0, 0.1) is 10.1 Å². The summed E-state index contributed by atoms with van der Waals surface area (Å²) < 4.78 is 5.54. The first-order valence-electron chi connectivity index (χ1n) is 6.30. The second-order valence-electron chi connectivity index (χ2n) is 4.93. The molecule has 1 saturated heterocycles. The Kier molecular flexibility index (Phi) is 3.89. The van der Waals surface area contributed by atoms with Crippen LogP contribution in [-0.4, -0.2) is 46.1 Å². The molecule has 0 spiro atoms. The number of amides is 1. The molecule has 1 fully saturated rings. The maximum atomic E-state index is 12.3. The summed E-state index contributed by atoms with van der Waals surface area (Å²) in [7, 11) is 0. The zero-order chi connectivity index (χ0) is 14.9. The van der Waals surface area contributed by atoms with Crippen molar-refractivity contribution in [2.75, 3.05) is 13.1 Å². The lowest BCUT2D eigenvalue weighted by molar-refractivity contribution is -0.385. The fourth-order valence-electron chi connectivity index (χ4n) is 2.34. The molecular weight excluding hydrogens is 264 g/mol. The lowest BCUT2D eigenvalue weighted by Crippen LogP contribution is -2.48. The van der Waals surface area contributed by atoms with E-state index in [0.717, 1.165) is 12.1 Å². The summed E-state index contributed by atoms with van der Waals surface area (Å²) in [5, 5.41) is 20.2. The SMILES string of the molecule is CC1CN(C(=O)c2ccc([N+](=O)[O-])c(O)c2)CC(C)O1. The molecule has 1 aliphatic rings. The Bertz CT molecular complexity index is 536. The highest BCUT2D eigenvalue weighted by Gasteiger charge is 2.27. The third kappa shape index (κ3) is 2.88. The monoisotopic (exact) mass is 280 g/mol. The number of aromatic hydroxyl groups is 1. The molecule has 20 heavy (non-hydrogen) atoms. The molecule has 1 aromatic carbocycles. The van der Waals surface area contributed by atoms with Gasteiger partial charge in [0.1, 0.15) is 0 Å². The van der Waals surface area contributed by atoms with Crippen molar-refractivity contribution in [3.8, 4) is 5.75 Å². The molecule has 2 atom stereocenters. The summed E-state index contributed by atoms with van der Waals surface area (Å²) in [6.07, 6.45) is -0.122. The zero-order valence-corrected chi connectivity index (χ0v) is 11.3. The molecule has 2 rings (SSSR count). The van der Waals surface area contributed by atoms with Gasteiger partial charge in [-0.05, 0) is 26.0 Å². The number of benzene rings is 1. The van der Waals surface area contributed by atoms with Gasteiger partial charge >= 0.3 is 5.69 Å². The van der Waals surface area contributed by atoms with Crippen molar-refractivity contribution in [2.24, 2.45) is 0 Å². The van der Waals surface area contributed by atoms with E-state index in [0.29, 0.717) is 13.1 Å². The second kappa shape index (κ2) is 5.46. The van der Waals surface area contributed by atoms with E-state index in [2.05, 4.69) is 0 Å². The number of phenols is 1. The molecule has 0 aromatic heterocycles. The van der Waals surface area contributed by atoms with Gasteiger partial charge in [0.05, 0.1) is 17.1 Å². The molecule has 7 nitrogen and oxygen atoms in total. The molecule has 1 N–H and O–H groups in total. The minimum atomic E-state index is -0.692. The quantitative estimate of drug-likeness (QED) is 0.655. The number of carbonyl (C=O) groups is 1. The third-order valence-electron chi connectivity index (χ3n) is 3.13. The number of phenolic OH excluding ortho intramolecular Hbond substituents is 1. The number of nitro benzene ring substituents is 1. The van der Waals surface area contributed by atoms with Crippen LogP contribution in [0.15, 0.2) is 18.2 Å². The van der Waals surface area contributed by atoms with Gasteiger partial charge in [-0.15, -0.1) is 0 Å². The van der Waals surface area contributed by atoms with E-state index in [9.17, 15) is 20.0 Å². The molecule has 0 aliphatic carbocycles. The first kappa shape index (κ1) is 14.3. The van der Waals surface area contributed by atoms with Crippen molar-refractivity contribution in [1.29, 1.82) is 0 Å². The van der Waals surface area contributed by atoms with Gasteiger partial charge < -0.3 is 14.7 Å². The number of morpholine rings is 1. The Balaban J connectivity index is 2.21. The third-order valence-corrected chi connectivity index (χ3v) is 3.13. The van der Waals surface area contributed by atoms with Crippen LogP contribution in [-0.2, 0) is 4.74 Å². The average Bonchev–Trinajstić information content (AvgIpc) is 2.36. The number of hydrogen-bond acceptors (Lipinski definition) is 5. The van der Waals surface area contributed by atoms with Crippen molar-refractivity contribution in [1.82, 2.24) is 4.90 Å². The number of carbonyl (C=O) groups excluding carboxylic acids is 1. The molecule has 7 heteroatoms. The smallest absolute Gasteiger partial charge is 0.310 e. The summed E-state index contributed by atoms with van der Waals surface area (Å²) in [5.74, 6) is -0.771. The number of nitrogens with zero attached hydrogens (tertiary/aromatic N) is 2. The van der Waals surface area contributed by atoms with E-state index in [1.165, 1.54) is 6.07 Å². The van der Waals surface area contributed by atoms with Crippen molar-refractivity contribution in [3.63, 3.8) is 0 Å². The number of rotatable bonds is 2. The van der Waals surface area contributed by atoms with E-state index in [1.807, 2.05) is 13.8 Å². The fraction of sp³-hybridized carbons (Fsp3) is 0.462. The molecule has 0 bridgehead atoms. The van der Waals surface area contributed by atoms with E-state index in [1.54, 1.807) is 4.90 Å². The van der Waals surface area contributed by atoms with Crippen LogP contribution in [0.5, 0.6) is 5.75 Å². The van der Waals surface area contributed by atoms with Crippen LogP contribution in [0.2, 0.25) is 0 Å². The lowest BCUT2D eigenvalue weighted by Gasteiger charge is -2.35. The molecule has 2 unspecified atom stereocenters. The highest BCUT2D eigenvalue weighted by atomic mass is 16.6. The molecule has 1 heterocycles. The van der Waals surface area contributed by atoms with Crippen LogP contribution >= 0.6 is 0 Å². The van der Waals surface area contributed by atoms with Gasteiger partial charge in [0.15, 0.2) is 5.75 Å². The Morgan fingerprint density at radius 3 is 2.50 bits per heavy atom. The normalized spacial score (nSPS) is 22.6. The molecule has 0 radical (unpaired) electrons. The van der Waals surface area contributed by atoms with Crippen molar-refractivity contribution in [2.45, 2.75) is 26.1 Å². The van der Waals surface area contributed by atoms with Crippen molar-refractivity contribution in [3.05, 3.63) is 33.9 Å². The van der Waals surface area contributed by atoms with Crippen LogP contribution in [0.25, 0.3) is 0 Å². The number of nitro groups is 1. The molecule has 1 amide bonds. The first-order chi connectivity index (χ1) is 9.38. The highest BCUT2D eigenvalue weighted by molar-refractivity contribution is 5.95. The minimum absolute atomic E-state index is 0.0608. The minimum Gasteiger partial charge on any atom is -0.502 e. The van der Waals surface area contributed by atoms with Gasteiger partial charge in [-0.1, -0.05) is 0 Å². The maximum Gasteiger partial charge on any atom is 0.310 e. The fourth-order valence-corrected chi connectivity index (χ4v) is 2.34. The van der Waals surface area contributed by atoms with Gasteiger partial charge in [-0.3, -0.25) is 14.9 Å². The van der Waals surface area contributed by atoms with E-state index in [4.69, 9.17) is 4.74 Å². The van der Waals surface area contributed by atoms with Crippen molar-refractivity contribution >= 4 is 11.6 Å². The second-order valence-corrected chi connectivity index (χ2v) is 4.93. The van der Waals surface area contributed by atoms with Crippen LogP contribution in [0.4, 0.5) is 5.69 Å². The number of hydrogen-bond donors (Lipinski definition) is 1. The highest BCUT2D eigenvalue weighted by Crippen LogP contribution is 2.27. The number of ether oxygens (including phenoxy) is 1. The van der Waals surface area contributed by atoms with Gasteiger partial charge in [0.2, 0.25) is 0 Å².